The van der Waals surface area contributed by atoms with Crippen molar-refractivity contribution in [2.24, 2.45) is 0 Å². The van der Waals surface area contributed by atoms with E-state index >= 15 is 0 Å². The Morgan fingerprint density at radius 3 is 2.78 bits per heavy atom. The maximum atomic E-state index is 6.06. The van der Waals surface area contributed by atoms with Crippen LogP contribution in [-0.2, 0) is 6.42 Å². The Hall–Kier alpha value is -0.380. The smallest absolute Gasteiger partial charge is 0.0451 e. The van der Waals surface area contributed by atoms with Crippen LogP contribution in [0.5, 0.6) is 0 Å². The van der Waals surface area contributed by atoms with Crippen molar-refractivity contribution < 1.29 is 0 Å². The summed E-state index contributed by atoms with van der Waals surface area (Å²) in [5.41, 5.74) is 3.47. The quantitative estimate of drug-likeness (QED) is 0.633. The number of alkyl halides is 1. The number of halogens is 3. The highest BCUT2D eigenvalue weighted by Crippen LogP contribution is 2.31. The van der Waals surface area contributed by atoms with Crippen molar-refractivity contribution in [2.45, 2.75) is 18.2 Å². The summed E-state index contributed by atoms with van der Waals surface area (Å²) in [4.78, 5) is 4.62. The minimum atomic E-state index is 0.209. The number of hydrogen-bond acceptors (Lipinski definition) is 1. The summed E-state index contributed by atoms with van der Waals surface area (Å²) in [6, 6.07) is 9.97. The predicted molar refractivity (Wildman–Crippen MR) is 83.5 cm³/mol. The molecule has 0 bridgehead atoms. The van der Waals surface area contributed by atoms with Gasteiger partial charge in [0.25, 0.3) is 0 Å². The van der Waals surface area contributed by atoms with Gasteiger partial charge in [-0.2, -0.15) is 0 Å². The first kappa shape index (κ1) is 14.0. The summed E-state index contributed by atoms with van der Waals surface area (Å²) >= 11 is 13.2. The standard InChI is InChI=1S/C14H12Br2ClN/c1-9-3-2-4-18-14(9)8-13(16)10-5-11(15)7-12(17)6-10/h2-7,13H,8H2,1H3. The van der Waals surface area contributed by atoms with Crippen LogP contribution >= 0.6 is 43.5 Å². The van der Waals surface area contributed by atoms with Gasteiger partial charge in [0.1, 0.15) is 0 Å². The van der Waals surface area contributed by atoms with Crippen LogP contribution in [0.15, 0.2) is 41.0 Å². The molecule has 0 amide bonds. The first-order valence-electron chi connectivity index (χ1n) is 5.57. The molecule has 1 aromatic heterocycles. The molecule has 1 nitrogen and oxygen atoms in total. The highest BCUT2D eigenvalue weighted by molar-refractivity contribution is 9.10. The Balaban J connectivity index is 2.22. The van der Waals surface area contributed by atoms with Crippen LogP contribution in [-0.4, -0.2) is 4.98 Å². The van der Waals surface area contributed by atoms with Crippen LogP contribution in [0.25, 0.3) is 0 Å². The lowest BCUT2D eigenvalue weighted by Crippen LogP contribution is -2.00. The highest BCUT2D eigenvalue weighted by atomic mass is 79.9. The number of rotatable bonds is 3. The molecule has 1 aromatic carbocycles. The second-order valence-corrected chi connectivity index (χ2v) is 6.60. The maximum absolute atomic E-state index is 6.06. The van der Waals surface area contributed by atoms with Crippen molar-refractivity contribution in [2.75, 3.05) is 0 Å². The first-order chi connectivity index (χ1) is 8.56. The average Bonchev–Trinajstić information content (AvgIpc) is 2.31. The predicted octanol–water partition coefficient (Wildman–Crippen LogP) is 5.48. The summed E-state index contributed by atoms with van der Waals surface area (Å²) in [6.07, 6.45) is 2.68. The highest BCUT2D eigenvalue weighted by Gasteiger charge is 2.12. The fourth-order valence-electron chi connectivity index (χ4n) is 1.78. The molecule has 1 unspecified atom stereocenters. The molecule has 94 valence electrons. The van der Waals surface area contributed by atoms with E-state index in [2.05, 4.69) is 55.9 Å². The van der Waals surface area contributed by atoms with Gasteiger partial charge in [-0.05, 0) is 42.3 Å². The molecule has 0 radical (unpaired) electrons. The van der Waals surface area contributed by atoms with E-state index in [1.54, 1.807) is 0 Å². The Kier molecular flexibility index (Phi) is 4.82. The van der Waals surface area contributed by atoms with Crippen molar-refractivity contribution in [1.82, 2.24) is 4.98 Å². The zero-order valence-electron chi connectivity index (χ0n) is 9.83. The van der Waals surface area contributed by atoms with Gasteiger partial charge in [0.05, 0.1) is 0 Å². The topological polar surface area (TPSA) is 12.9 Å². The summed E-state index contributed by atoms with van der Waals surface area (Å²) in [5.74, 6) is 0. The number of hydrogen-bond donors (Lipinski definition) is 0. The van der Waals surface area contributed by atoms with E-state index in [4.69, 9.17) is 11.6 Å². The van der Waals surface area contributed by atoms with Crippen LogP contribution in [0.2, 0.25) is 5.02 Å². The number of pyridine rings is 1. The van der Waals surface area contributed by atoms with Crippen LogP contribution < -0.4 is 0 Å². The van der Waals surface area contributed by atoms with Gasteiger partial charge < -0.3 is 0 Å². The van der Waals surface area contributed by atoms with Gasteiger partial charge in [-0.25, -0.2) is 0 Å². The third-order valence-electron chi connectivity index (χ3n) is 2.74. The van der Waals surface area contributed by atoms with Crippen LogP contribution in [0.1, 0.15) is 21.6 Å². The summed E-state index contributed by atoms with van der Waals surface area (Å²) in [5, 5.41) is 0.738. The Bertz CT molecular complexity index is 537. The molecule has 2 aromatic rings. The molecule has 0 saturated carbocycles. The number of nitrogens with zero attached hydrogens (tertiary/aromatic N) is 1. The lowest BCUT2D eigenvalue weighted by atomic mass is 10.1. The Labute approximate surface area is 129 Å². The molecule has 0 aliphatic heterocycles. The fraction of sp³-hybridized carbons (Fsp3) is 0.214. The number of aromatic nitrogens is 1. The van der Waals surface area contributed by atoms with E-state index in [0.717, 1.165) is 27.2 Å². The molecule has 18 heavy (non-hydrogen) atoms. The van der Waals surface area contributed by atoms with Gasteiger partial charge in [0, 0.05) is 32.6 Å². The molecular formula is C14H12Br2ClN. The molecule has 4 heteroatoms. The molecule has 0 saturated heterocycles. The van der Waals surface area contributed by atoms with Crippen LogP contribution in [0, 0.1) is 6.92 Å². The first-order valence-corrected chi connectivity index (χ1v) is 7.65. The number of benzene rings is 1. The molecule has 0 fully saturated rings. The van der Waals surface area contributed by atoms with E-state index in [0.29, 0.717) is 0 Å². The minimum Gasteiger partial charge on any atom is -0.261 e. The summed E-state index contributed by atoms with van der Waals surface area (Å²) in [6.45, 7) is 2.08. The third kappa shape index (κ3) is 3.56. The van der Waals surface area contributed by atoms with E-state index < -0.39 is 0 Å². The van der Waals surface area contributed by atoms with E-state index in [-0.39, 0.29) is 4.83 Å². The van der Waals surface area contributed by atoms with Crippen molar-refractivity contribution in [3.05, 3.63) is 62.8 Å². The molecule has 0 spiro atoms. The molecule has 0 N–H and O–H groups in total. The normalized spacial score (nSPS) is 12.4. The third-order valence-corrected chi connectivity index (χ3v) is 4.27. The summed E-state index contributed by atoms with van der Waals surface area (Å²) < 4.78 is 0.993. The summed E-state index contributed by atoms with van der Waals surface area (Å²) in [7, 11) is 0. The molecule has 0 aliphatic carbocycles. The van der Waals surface area contributed by atoms with Crippen molar-refractivity contribution in [1.29, 1.82) is 0 Å². The van der Waals surface area contributed by atoms with Crippen molar-refractivity contribution >= 4 is 43.5 Å². The van der Waals surface area contributed by atoms with E-state index in [9.17, 15) is 0 Å². The number of aryl methyl sites for hydroxylation is 1. The maximum Gasteiger partial charge on any atom is 0.0451 e. The molecule has 1 heterocycles. The van der Waals surface area contributed by atoms with E-state index in [1.165, 1.54) is 5.56 Å². The van der Waals surface area contributed by atoms with Crippen LogP contribution in [0.3, 0.4) is 0 Å². The second-order valence-electron chi connectivity index (χ2n) is 4.14. The molecule has 2 rings (SSSR count). The molecule has 1 atom stereocenters. The van der Waals surface area contributed by atoms with Gasteiger partial charge in [-0.1, -0.05) is 49.5 Å². The molecule has 0 aliphatic rings. The van der Waals surface area contributed by atoms with Gasteiger partial charge >= 0.3 is 0 Å². The van der Waals surface area contributed by atoms with Gasteiger partial charge in [0.2, 0.25) is 0 Å². The van der Waals surface area contributed by atoms with Crippen molar-refractivity contribution in [3.8, 4) is 0 Å². The lowest BCUT2D eigenvalue weighted by Gasteiger charge is -2.12. The molecular weight excluding hydrogens is 377 g/mol. The van der Waals surface area contributed by atoms with Gasteiger partial charge in [0.15, 0.2) is 0 Å². The zero-order chi connectivity index (χ0) is 13.1. The lowest BCUT2D eigenvalue weighted by molar-refractivity contribution is 0.891. The minimum absolute atomic E-state index is 0.209. The fourth-order valence-corrected chi connectivity index (χ4v) is 3.23. The van der Waals surface area contributed by atoms with E-state index in [1.807, 2.05) is 24.4 Å². The monoisotopic (exact) mass is 387 g/mol. The van der Waals surface area contributed by atoms with Crippen molar-refractivity contribution in [3.63, 3.8) is 0 Å². The largest absolute Gasteiger partial charge is 0.261 e. The van der Waals surface area contributed by atoms with Crippen LogP contribution in [0.4, 0.5) is 0 Å². The second kappa shape index (κ2) is 6.18. The van der Waals surface area contributed by atoms with Gasteiger partial charge in [-0.3, -0.25) is 4.98 Å². The Morgan fingerprint density at radius 1 is 1.33 bits per heavy atom. The zero-order valence-corrected chi connectivity index (χ0v) is 13.8. The average molecular weight is 390 g/mol. The SMILES string of the molecule is Cc1cccnc1CC(Br)c1cc(Cl)cc(Br)c1. The van der Waals surface area contributed by atoms with Gasteiger partial charge in [-0.15, -0.1) is 0 Å². The Morgan fingerprint density at radius 2 is 2.11 bits per heavy atom.